The number of pyridine rings is 1. The highest BCUT2D eigenvalue weighted by molar-refractivity contribution is 6.31. The Labute approximate surface area is 159 Å². The first kappa shape index (κ1) is 17.2. The van der Waals surface area contributed by atoms with Crippen LogP contribution in [0.25, 0.3) is 22.0 Å². The number of carbonyl (C=O) groups excluding carboxylic acids is 1. The number of furan rings is 1. The minimum Gasteiger partial charge on any atom is -0.497 e. The van der Waals surface area contributed by atoms with E-state index in [0.717, 1.165) is 10.8 Å². The van der Waals surface area contributed by atoms with Gasteiger partial charge in [-0.2, -0.15) is 0 Å². The molecule has 0 aliphatic carbocycles. The van der Waals surface area contributed by atoms with Crippen LogP contribution in [0.5, 0.6) is 11.5 Å². The maximum absolute atomic E-state index is 12.6. The number of hydrogen-bond acceptors (Lipinski definition) is 5. The summed E-state index contributed by atoms with van der Waals surface area (Å²) in [6, 6.07) is 14.1. The number of anilines is 1. The molecule has 2 aromatic carbocycles. The molecule has 2 aromatic heterocycles. The van der Waals surface area contributed by atoms with Crippen LogP contribution in [0.3, 0.4) is 0 Å². The van der Waals surface area contributed by atoms with Crippen LogP contribution >= 0.6 is 11.6 Å². The van der Waals surface area contributed by atoms with Gasteiger partial charge in [-0.25, -0.2) is 4.98 Å². The second-order valence-corrected chi connectivity index (χ2v) is 6.29. The molecular formula is C20H15ClN2O4. The van der Waals surface area contributed by atoms with E-state index >= 15 is 0 Å². The molecular weight excluding hydrogens is 368 g/mol. The Morgan fingerprint density at radius 3 is 2.67 bits per heavy atom. The van der Waals surface area contributed by atoms with Gasteiger partial charge in [0, 0.05) is 21.9 Å². The topological polar surface area (TPSA) is 73.6 Å². The first-order valence-corrected chi connectivity index (χ1v) is 8.48. The number of halogens is 1. The van der Waals surface area contributed by atoms with Crippen LogP contribution in [0.2, 0.25) is 5.02 Å². The Hall–Kier alpha value is -3.25. The molecule has 0 aliphatic rings. The zero-order valence-corrected chi connectivity index (χ0v) is 15.3. The Morgan fingerprint density at radius 1 is 1.04 bits per heavy atom. The standard InChI is InChI=1S/C20H15ClN2O4/c1-25-14-5-6-17(26-2)16(10-14)22-19(24)18-8-12-7-11-3-4-13(21)9-15(11)23-20(12)27-18/h3-10H,1-2H3,(H,22,24). The van der Waals surface area contributed by atoms with Gasteiger partial charge in [-0.3, -0.25) is 4.79 Å². The van der Waals surface area contributed by atoms with Crippen molar-refractivity contribution in [2.45, 2.75) is 0 Å². The van der Waals surface area contributed by atoms with E-state index in [-0.39, 0.29) is 5.76 Å². The molecule has 0 aliphatic heterocycles. The van der Waals surface area contributed by atoms with Gasteiger partial charge in [0.2, 0.25) is 5.71 Å². The molecule has 1 N–H and O–H groups in total. The van der Waals surface area contributed by atoms with Gasteiger partial charge in [0.15, 0.2) is 5.76 Å². The van der Waals surface area contributed by atoms with E-state index < -0.39 is 5.91 Å². The molecule has 0 saturated heterocycles. The number of nitrogens with one attached hydrogen (secondary N) is 1. The molecule has 136 valence electrons. The summed E-state index contributed by atoms with van der Waals surface area (Å²) in [5, 5.41) is 5.01. The van der Waals surface area contributed by atoms with Gasteiger partial charge in [-0.05, 0) is 36.4 Å². The molecule has 27 heavy (non-hydrogen) atoms. The molecule has 0 saturated carbocycles. The third-order valence-electron chi connectivity index (χ3n) is 4.14. The summed E-state index contributed by atoms with van der Waals surface area (Å²) < 4.78 is 16.1. The summed E-state index contributed by atoms with van der Waals surface area (Å²) >= 11 is 6.01. The zero-order valence-electron chi connectivity index (χ0n) is 14.6. The van der Waals surface area contributed by atoms with Crippen molar-refractivity contribution in [3.05, 3.63) is 59.3 Å². The van der Waals surface area contributed by atoms with Crippen molar-refractivity contribution in [3.63, 3.8) is 0 Å². The van der Waals surface area contributed by atoms with Crippen LogP contribution in [0.15, 0.2) is 52.9 Å². The Kier molecular flexibility index (Phi) is 4.33. The Balaban J connectivity index is 1.69. The first-order chi connectivity index (χ1) is 13.1. The van der Waals surface area contributed by atoms with E-state index in [4.69, 9.17) is 25.5 Å². The average molecular weight is 383 g/mol. The average Bonchev–Trinajstić information content (AvgIpc) is 3.09. The van der Waals surface area contributed by atoms with E-state index in [2.05, 4.69) is 10.3 Å². The van der Waals surface area contributed by atoms with Gasteiger partial charge in [0.25, 0.3) is 5.91 Å². The SMILES string of the molecule is COc1ccc(OC)c(NC(=O)c2cc3cc4ccc(Cl)cc4nc3o2)c1. The molecule has 2 heterocycles. The molecule has 4 rings (SSSR count). The van der Waals surface area contributed by atoms with Gasteiger partial charge in [0.05, 0.1) is 25.4 Å². The number of rotatable bonds is 4. The van der Waals surface area contributed by atoms with Crippen molar-refractivity contribution < 1.29 is 18.7 Å². The lowest BCUT2D eigenvalue weighted by Gasteiger charge is -2.10. The van der Waals surface area contributed by atoms with Gasteiger partial charge in [0.1, 0.15) is 11.5 Å². The molecule has 7 heteroatoms. The van der Waals surface area contributed by atoms with Crippen molar-refractivity contribution in [1.82, 2.24) is 4.98 Å². The quantitative estimate of drug-likeness (QED) is 0.543. The number of hydrogen-bond donors (Lipinski definition) is 1. The minimum absolute atomic E-state index is 0.142. The summed E-state index contributed by atoms with van der Waals surface area (Å²) in [6.07, 6.45) is 0. The van der Waals surface area contributed by atoms with Crippen molar-refractivity contribution >= 4 is 45.2 Å². The molecule has 0 spiro atoms. The van der Waals surface area contributed by atoms with Crippen LogP contribution in [0.1, 0.15) is 10.6 Å². The second-order valence-electron chi connectivity index (χ2n) is 5.85. The largest absolute Gasteiger partial charge is 0.497 e. The van der Waals surface area contributed by atoms with E-state index in [1.165, 1.54) is 7.11 Å². The van der Waals surface area contributed by atoms with Gasteiger partial charge < -0.3 is 19.2 Å². The molecule has 6 nitrogen and oxygen atoms in total. The maximum atomic E-state index is 12.6. The smallest absolute Gasteiger partial charge is 0.291 e. The second kappa shape index (κ2) is 6.81. The lowest BCUT2D eigenvalue weighted by molar-refractivity contribution is 0.0998. The number of carbonyl (C=O) groups is 1. The van der Waals surface area contributed by atoms with Gasteiger partial charge >= 0.3 is 0 Å². The lowest BCUT2D eigenvalue weighted by atomic mass is 10.2. The van der Waals surface area contributed by atoms with Crippen molar-refractivity contribution in [2.75, 3.05) is 19.5 Å². The molecule has 4 aromatic rings. The predicted octanol–water partition coefficient (Wildman–Crippen LogP) is 4.90. The first-order valence-electron chi connectivity index (χ1n) is 8.10. The normalized spacial score (nSPS) is 10.9. The summed E-state index contributed by atoms with van der Waals surface area (Å²) in [4.78, 5) is 17.1. The fourth-order valence-electron chi connectivity index (χ4n) is 2.81. The number of benzene rings is 2. The highest BCUT2D eigenvalue weighted by Crippen LogP contribution is 2.30. The molecule has 1 amide bonds. The minimum atomic E-state index is -0.415. The van der Waals surface area contributed by atoms with Crippen molar-refractivity contribution in [3.8, 4) is 11.5 Å². The number of aromatic nitrogens is 1. The summed E-state index contributed by atoms with van der Waals surface area (Å²) in [7, 11) is 3.08. The highest BCUT2D eigenvalue weighted by Gasteiger charge is 2.16. The third kappa shape index (κ3) is 3.27. The highest BCUT2D eigenvalue weighted by atomic mass is 35.5. The van der Waals surface area contributed by atoms with Crippen LogP contribution in [0, 0.1) is 0 Å². The molecule has 0 fully saturated rings. The lowest BCUT2D eigenvalue weighted by Crippen LogP contribution is -2.11. The van der Waals surface area contributed by atoms with Crippen LogP contribution in [-0.2, 0) is 0 Å². The fourth-order valence-corrected chi connectivity index (χ4v) is 2.97. The Bertz CT molecular complexity index is 1170. The Morgan fingerprint density at radius 2 is 1.89 bits per heavy atom. The van der Waals surface area contributed by atoms with E-state index in [9.17, 15) is 4.79 Å². The monoisotopic (exact) mass is 382 g/mol. The molecule has 0 bridgehead atoms. The number of methoxy groups -OCH3 is 2. The van der Waals surface area contributed by atoms with Gasteiger partial charge in [-0.1, -0.05) is 17.7 Å². The number of ether oxygens (including phenoxy) is 2. The van der Waals surface area contributed by atoms with Crippen molar-refractivity contribution in [1.29, 1.82) is 0 Å². The van der Waals surface area contributed by atoms with Crippen LogP contribution in [0.4, 0.5) is 5.69 Å². The number of amides is 1. The summed E-state index contributed by atoms with van der Waals surface area (Å²) in [5.74, 6) is 0.838. The van der Waals surface area contributed by atoms with Crippen LogP contribution in [-0.4, -0.2) is 25.1 Å². The predicted molar refractivity (Wildman–Crippen MR) is 104 cm³/mol. The summed E-state index contributed by atoms with van der Waals surface area (Å²) in [6.45, 7) is 0. The molecule has 0 radical (unpaired) electrons. The molecule has 0 atom stereocenters. The van der Waals surface area contributed by atoms with Crippen LogP contribution < -0.4 is 14.8 Å². The summed E-state index contributed by atoms with van der Waals surface area (Å²) in [5.41, 5.74) is 1.55. The third-order valence-corrected chi connectivity index (χ3v) is 4.38. The zero-order chi connectivity index (χ0) is 19.0. The maximum Gasteiger partial charge on any atom is 0.291 e. The van der Waals surface area contributed by atoms with E-state index in [1.807, 2.05) is 12.1 Å². The number of nitrogens with zero attached hydrogens (tertiary/aromatic N) is 1. The van der Waals surface area contributed by atoms with E-state index in [1.54, 1.807) is 43.5 Å². The number of fused-ring (bicyclic) bond motifs is 2. The van der Waals surface area contributed by atoms with Crippen molar-refractivity contribution in [2.24, 2.45) is 0 Å². The fraction of sp³-hybridized carbons (Fsp3) is 0.100. The molecule has 0 unspecified atom stereocenters. The van der Waals surface area contributed by atoms with E-state index in [0.29, 0.717) is 33.4 Å². The van der Waals surface area contributed by atoms with Gasteiger partial charge in [-0.15, -0.1) is 0 Å².